The molecule has 2 atom stereocenters. The lowest BCUT2D eigenvalue weighted by Crippen LogP contribution is -2.51. The molecule has 3 aromatic rings. The Kier molecular flexibility index (Phi) is 8.76. The van der Waals surface area contributed by atoms with Crippen LogP contribution in [0.5, 0.6) is 5.06 Å². The minimum atomic E-state index is -0.942. The SMILES string of the molecule is CN1CCc2ccccc2C(NC(=O)[C@@H](COCc2ccccc2)NC(=O)Oc2ccc(Cl)s2)C1. The number of fused-ring (bicyclic) bond motifs is 1. The van der Waals surface area contributed by atoms with E-state index in [4.69, 9.17) is 21.1 Å². The van der Waals surface area contributed by atoms with Gasteiger partial charge in [0.05, 0.1) is 23.6 Å². The zero-order valence-corrected chi connectivity index (χ0v) is 21.0. The molecule has 0 aliphatic carbocycles. The highest BCUT2D eigenvalue weighted by Crippen LogP contribution is 2.28. The molecule has 0 saturated heterocycles. The molecular weight excluding hydrogens is 486 g/mol. The van der Waals surface area contributed by atoms with Crippen molar-refractivity contribution >= 4 is 34.9 Å². The van der Waals surface area contributed by atoms with Gasteiger partial charge in [-0.3, -0.25) is 4.79 Å². The second kappa shape index (κ2) is 12.2. The second-order valence-corrected chi connectivity index (χ2v) is 10.1. The third kappa shape index (κ3) is 7.29. The summed E-state index contributed by atoms with van der Waals surface area (Å²) in [6.45, 7) is 1.88. The molecule has 0 spiro atoms. The van der Waals surface area contributed by atoms with E-state index in [9.17, 15) is 9.59 Å². The van der Waals surface area contributed by atoms with Crippen molar-refractivity contribution in [2.45, 2.75) is 25.1 Å². The smallest absolute Gasteiger partial charge is 0.399 e. The van der Waals surface area contributed by atoms with Gasteiger partial charge in [0.1, 0.15) is 6.04 Å². The van der Waals surface area contributed by atoms with Gasteiger partial charge >= 0.3 is 6.09 Å². The molecule has 2 N–H and O–H groups in total. The number of hydrogen-bond acceptors (Lipinski definition) is 6. The monoisotopic (exact) mass is 513 g/mol. The van der Waals surface area contributed by atoms with Gasteiger partial charge in [-0.05, 0) is 42.3 Å². The molecular formula is C26H28ClN3O4S. The van der Waals surface area contributed by atoms with Gasteiger partial charge in [-0.15, -0.1) is 0 Å². The summed E-state index contributed by atoms with van der Waals surface area (Å²) >= 11 is 7.06. The quantitative estimate of drug-likeness (QED) is 0.466. The van der Waals surface area contributed by atoms with Crippen molar-refractivity contribution in [2.75, 3.05) is 26.7 Å². The molecule has 1 aliphatic heterocycles. The van der Waals surface area contributed by atoms with Gasteiger partial charge in [-0.2, -0.15) is 0 Å². The molecule has 184 valence electrons. The lowest BCUT2D eigenvalue weighted by molar-refractivity contribution is -0.125. The number of thiophene rings is 1. The Bertz CT molecular complexity index is 1140. The van der Waals surface area contributed by atoms with E-state index in [0.29, 0.717) is 22.6 Å². The minimum absolute atomic E-state index is 0.00870. The Balaban J connectivity index is 1.45. The van der Waals surface area contributed by atoms with E-state index in [2.05, 4.69) is 21.6 Å². The zero-order chi connectivity index (χ0) is 24.6. The van der Waals surface area contributed by atoms with Crippen molar-refractivity contribution in [3.8, 4) is 5.06 Å². The van der Waals surface area contributed by atoms with Crippen molar-refractivity contribution in [2.24, 2.45) is 0 Å². The van der Waals surface area contributed by atoms with Crippen molar-refractivity contribution < 1.29 is 19.1 Å². The van der Waals surface area contributed by atoms with Crippen LogP contribution < -0.4 is 15.4 Å². The molecule has 0 fully saturated rings. The number of amides is 2. The summed E-state index contributed by atoms with van der Waals surface area (Å²) in [6, 6.07) is 19.9. The fourth-order valence-corrected chi connectivity index (χ4v) is 4.85. The van der Waals surface area contributed by atoms with Crippen molar-refractivity contribution in [3.05, 3.63) is 87.8 Å². The molecule has 0 radical (unpaired) electrons. The highest BCUT2D eigenvalue weighted by atomic mass is 35.5. The van der Waals surface area contributed by atoms with Crippen LogP contribution in [0.1, 0.15) is 22.7 Å². The van der Waals surface area contributed by atoms with Gasteiger partial charge in [-0.1, -0.05) is 77.5 Å². The van der Waals surface area contributed by atoms with Crippen molar-refractivity contribution in [1.82, 2.24) is 15.5 Å². The van der Waals surface area contributed by atoms with Gasteiger partial charge in [0.25, 0.3) is 0 Å². The predicted molar refractivity (Wildman–Crippen MR) is 137 cm³/mol. The first-order valence-electron chi connectivity index (χ1n) is 11.4. The number of halogens is 1. The van der Waals surface area contributed by atoms with E-state index < -0.39 is 12.1 Å². The van der Waals surface area contributed by atoms with Crippen molar-refractivity contribution in [1.29, 1.82) is 0 Å². The highest BCUT2D eigenvalue weighted by molar-refractivity contribution is 7.17. The van der Waals surface area contributed by atoms with Gasteiger partial charge in [0, 0.05) is 13.1 Å². The maximum absolute atomic E-state index is 13.4. The average Bonchev–Trinajstić information content (AvgIpc) is 3.19. The normalized spacial score (nSPS) is 16.6. The van der Waals surface area contributed by atoms with Crippen molar-refractivity contribution in [3.63, 3.8) is 0 Å². The molecule has 1 aliphatic rings. The van der Waals surface area contributed by atoms with Crippen LogP contribution >= 0.6 is 22.9 Å². The van der Waals surface area contributed by atoms with Crippen LogP contribution in [-0.4, -0.2) is 49.7 Å². The molecule has 9 heteroatoms. The first-order valence-corrected chi connectivity index (χ1v) is 12.6. The Morgan fingerprint density at radius 1 is 1.11 bits per heavy atom. The van der Waals surface area contributed by atoms with E-state index in [0.717, 1.165) is 35.4 Å². The summed E-state index contributed by atoms with van der Waals surface area (Å²) in [6.07, 6.45) is 0.168. The molecule has 35 heavy (non-hydrogen) atoms. The lowest BCUT2D eigenvalue weighted by Gasteiger charge is -2.25. The number of likely N-dealkylation sites (N-methyl/N-ethyl adjacent to an activating group) is 1. The topological polar surface area (TPSA) is 79.9 Å². The number of hydrogen-bond donors (Lipinski definition) is 2. The summed E-state index contributed by atoms with van der Waals surface area (Å²) in [5, 5.41) is 6.11. The minimum Gasteiger partial charge on any atom is -0.399 e. The molecule has 2 amide bonds. The third-order valence-electron chi connectivity index (χ3n) is 5.75. The lowest BCUT2D eigenvalue weighted by atomic mass is 9.99. The molecule has 4 rings (SSSR count). The predicted octanol–water partition coefficient (Wildman–Crippen LogP) is 4.42. The van der Waals surface area contributed by atoms with Crippen LogP contribution in [0.4, 0.5) is 4.79 Å². The molecule has 1 aromatic heterocycles. The summed E-state index contributed by atoms with van der Waals surface area (Å²) in [5.41, 5.74) is 3.27. The number of carbonyl (C=O) groups is 2. The van der Waals surface area contributed by atoms with E-state index in [1.54, 1.807) is 12.1 Å². The maximum atomic E-state index is 13.4. The number of rotatable bonds is 8. The molecule has 7 nitrogen and oxygen atoms in total. The molecule has 1 unspecified atom stereocenters. The van der Waals surface area contributed by atoms with Crippen LogP contribution in [0, 0.1) is 0 Å². The summed E-state index contributed by atoms with van der Waals surface area (Å²) in [7, 11) is 2.03. The van der Waals surface area contributed by atoms with E-state index in [1.165, 1.54) is 5.56 Å². The molecule has 2 heterocycles. The number of ether oxygens (including phenoxy) is 2. The first kappa shape index (κ1) is 25.2. The summed E-state index contributed by atoms with van der Waals surface area (Å²) in [5.74, 6) is -0.339. The van der Waals surface area contributed by atoms with E-state index in [1.807, 2.05) is 55.6 Å². The summed E-state index contributed by atoms with van der Waals surface area (Å²) < 4.78 is 11.6. The number of benzene rings is 2. The first-order chi connectivity index (χ1) is 17.0. The van der Waals surface area contributed by atoms with Crippen LogP contribution in [0.2, 0.25) is 4.34 Å². The number of nitrogens with one attached hydrogen (secondary N) is 2. The Labute approximate surface area is 214 Å². The second-order valence-electron chi connectivity index (χ2n) is 8.42. The van der Waals surface area contributed by atoms with Gasteiger partial charge in [-0.25, -0.2) is 4.79 Å². The Hall–Kier alpha value is -2.91. The van der Waals surface area contributed by atoms with Gasteiger partial charge in [0.15, 0.2) is 5.06 Å². The summed E-state index contributed by atoms with van der Waals surface area (Å²) in [4.78, 5) is 28.1. The zero-order valence-electron chi connectivity index (χ0n) is 19.4. The van der Waals surface area contributed by atoms with Crippen LogP contribution in [0.3, 0.4) is 0 Å². The molecule has 0 saturated carbocycles. The largest absolute Gasteiger partial charge is 0.414 e. The number of carbonyl (C=O) groups excluding carboxylic acids is 2. The fourth-order valence-electron chi connectivity index (χ4n) is 3.98. The number of nitrogens with zero attached hydrogens (tertiary/aromatic N) is 1. The Morgan fingerprint density at radius 3 is 2.66 bits per heavy atom. The standard InChI is InChI=1S/C26H28ClN3O4S/c1-30-14-13-19-9-5-6-10-20(19)21(15-30)28-25(31)22(17-33-16-18-7-3-2-4-8-18)29-26(32)34-24-12-11-23(27)35-24/h2-12,21-22H,13-17H2,1H3,(H,28,31)(H,29,32)/t21?,22-/m1/s1. The van der Waals surface area contributed by atoms with Crippen LogP contribution in [-0.2, 0) is 22.6 Å². The highest BCUT2D eigenvalue weighted by Gasteiger charge is 2.28. The van der Waals surface area contributed by atoms with E-state index >= 15 is 0 Å². The Morgan fingerprint density at radius 2 is 1.89 bits per heavy atom. The van der Waals surface area contributed by atoms with E-state index in [-0.39, 0.29) is 18.6 Å². The van der Waals surface area contributed by atoms with Crippen LogP contribution in [0.25, 0.3) is 0 Å². The average molecular weight is 514 g/mol. The van der Waals surface area contributed by atoms with Gasteiger partial charge < -0.3 is 25.0 Å². The van der Waals surface area contributed by atoms with Crippen LogP contribution in [0.15, 0.2) is 66.7 Å². The third-order valence-corrected chi connectivity index (χ3v) is 6.86. The fraction of sp³-hybridized carbons (Fsp3) is 0.308. The van der Waals surface area contributed by atoms with Gasteiger partial charge in [0.2, 0.25) is 5.91 Å². The molecule has 2 aromatic carbocycles. The maximum Gasteiger partial charge on any atom is 0.414 e. The molecule has 0 bridgehead atoms.